The van der Waals surface area contributed by atoms with Crippen molar-refractivity contribution in [1.82, 2.24) is 0 Å². The highest BCUT2D eigenvalue weighted by Crippen LogP contribution is 2.35. The number of methoxy groups -OCH3 is 1. The Kier molecular flexibility index (Phi) is 4.86. The van der Waals surface area contributed by atoms with Crippen LogP contribution in [0.4, 0.5) is 0 Å². The van der Waals surface area contributed by atoms with Crippen LogP contribution >= 0.6 is 0 Å². The third kappa shape index (κ3) is 3.65. The standard InChI is InChI=1S/C15H24O2/c1-10(2)8-13(11(3)4)12-6-7-15(17-5)14(16)9-12/h6-7,9-11,13,16H,8H2,1-5H3. The van der Waals surface area contributed by atoms with Crippen LogP contribution in [0.15, 0.2) is 18.2 Å². The SMILES string of the molecule is COc1ccc(C(CC(C)C)C(C)C)cc1O. The quantitative estimate of drug-likeness (QED) is 0.830. The van der Waals surface area contributed by atoms with E-state index >= 15 is 0 Å². The number of rotatable bonds is 5. The van der Waals surface area contributed by atoms with Gasteiger partial charge in [-0.1, -0.05) is 33.8 Å². The molecule has 0 spiro atoms. The molecule has 0 aliphatic heterocycles. The maximum atomic E-state index is 9.83. The van der Waals surface area contributed by atoms with Crippen molar-refractivity contribution in [3.63, 3.8) is 0 Å². The van der Waals surface area contributed by atoms with E-state index in [1.54, 1.807) is 7.11 Å². The minimum Gasteiger partial charge on any atom is -0.504 e. The van der Waals surface area contributed by atoms with E-state index in [2.05, 4.69) is 33.8 Å². The summed E-state index contributed by atoms with van der Waals surface area (Å²) in [7, 11) is 1.57. The highest BCUT2D eigenvalue weighted by Gasteiger charge is 2.18. The molecule has 1 aromatic carbocycles. The molecule has 0 saturated heterocycles. The predicted octanol–water partition coefficient (Wildman–Crippen LogP) is 4.19. The normalized spacial score (nSPS) is 13.1. The van der Waals surface area contributed by atoms with E-state index in [1.165, 1.54) is 5.56 Å². The number of hydrogen-bond acceptors (Lipinski definition) is 2. The van der Waals surface area contributed by atoms with Gasteiger partial charge in [0.1, 0.15) is 0 Å². The van der Waals surface area contributed by atoms with Crippen molar-refractivity contribution in [3.8, 4) is 11.5 Å². The second-order valence-electron chi connectivity index (χ2n) is 5.41. The van der Waals surface area contributed by atoms with Crippen molar-refractivity contribution in [1.29, 1.82) is 0 Å². The molecule has 2 nitrogen and oxygen atoms in total. The summed E-state index contributed by atoms with van der Waals surface area (Å²) in [6.45, 7) is 8.93. The Hall–Kier alpha value is -1.18. The summed E-state index contributed by atoms with van der Waals surface area (Å²) in [6, 6.07) is 5.75. The van der Waals surface area contributed by atoms with Gasteiger partial charge in [-0.15, -0.1) is 0 Å². The lowest BCUT2D eigenvalue weighted by atomic mass is 9.82. The summed E-state index contributed by atoms with van der Waals surface area (Å²) in [5.41, 5.74) is 1.20. The molecule has 1 N–H and O–H groups in total. The van der Waals surface area contributed by atoms with E-state index < -0.39 is 0 Å². The average Bonchev–Trinajstić information content (AvgIpc) is 2.25. The molecule has 0 aliphatic carbocycles. The summed E-state index contributed by atoms with van der Waals surface area (Å²) in [5.74, 6) is 2.50. The van der Waals surface area contributed by atoms with Crippen molar-refractivity contribution in [2.24, 2.45) is 11.8 Å². The highest BCUT2D eigenvalue weighted by atomic mass is 16.5. The largest absolute Gasteiger partial charge is 0.504 e. The van der Waals surface area contributed by atoms with E-state index in [0.29, 0.717) is 23.5 Å². The van der Waals surface area contributed by atoms with Crippen molar-refractivity contribution in [3.05, 3.63) is 23.8 Å². The molecular weight excluding hydrogens is 212 g/mol. The third-order valence-corrected chi connectivity index (χ3v) is 3.16. The molecular formula is C15H24O2. The highest BCUT2D eigenvalue weighted by molar-refractivity contribution is 5.42. The summed E-state index contributed by atoms with van der Waals surface area (Å²) >= 11 is 0. The van der Waals surface area contributed by atoms with Gasteiger partial charge in [-0.05, 0) is 41.9 Å². The zero-order valence-corrected chi connectivity index (χ0v) is 11.5. The van der Waals surface area contributed by atoms with Crippen LogP contribution in [-0.4, -0.2) is 12.2 Å². The summed E-state index contributed by atoms with van der Waals surface area (Å²) in [4.78, 5) is 0. The molecule has 0 aliphatic rings. The molecule has 0 saturated carbocycles. The minimum atomic E-state index is 0.236. The van der Waals surface area contributed by atoms with Gasteiger partial charge in [0.25, 0.3) is 0 Å². The van der Waals surface area contributed by atoms with Crippen molar-refractivity contribution >= 4 is 0 Å². The maximum Gasteiger partial charge on any atom is 0.160 e. The fourth-order valence-corrected chi connectivity index (χ4v) is 2.24. The molecule has 0 aromatic heterocycles. The van der Waals surface area contributed by atoms with Gasteiger partial charge in [-0.2, -0.15) is 0 Å². The van der Waals surface area contributed by atoms with Gasteiger partial charge in [0.2, 0.25) is 0 Å². The molecule has 1 atom stereocenters. The van der Waals surface area contributed by atoms with Gasteiger partial charge in [0.05, 0.1) is 7.11 Å². The Balaban J connectivity index is 2.98. The van der Waals surface area contributed by atoms with Crippen LogP contribution in [0.25, 0.3) is 0 Å². The van der Waals surface area contributed by atoms with Crippen LogP contribution in [0.5, 0.6) is 11.5 Å². The summed E-state index contributed by atoms with van der Waals surface area (Å²) in [5, 5.41) is 9.83. The van der Waals surface area contributed by atoms with Gasteiger partial charge in [-0.3, -0.25) is 0 Å². The van der Waals surface area contributed by atoms with E-state index in [0.717, 1.165) is 6.42 Å². The average molecular weight is 236 g/mol. The van der Waals surface area contributed by atoms with Crippen LogP contribution < -0.4 is 4.74 Å². The Labute approximate surface area is 105 Å². The lowest BCUT2D eigenvalue weighted by Gasteiger charge is -2.23. The van der Waals surface area contributed by atoms with Crippen LogP contribution in [0.1, 0.15) is 45.6 Å². The molecule has 1 rings (SSSR count). The predicted molar refractivity (Wildman–Crippen MR) is 71.7 cm³/mol. The molecule has 0 fully saturated rings. The second-order valence-corrected chi connectivity index (χ2v) is 5.41. The van der Waals surface area contributed by atoms with Crippen LogP contribution in [0.2, 0.25) is 0 Å². The monoisotopic (exact) mass is 236 g/mol. The number of hydrogen-bond donors (Lipinski definition) is 1. The smallest absolute Gasteiger partial charge is 0.160 e. The summed E-state index contributed by atoms with van der Waals surface area (Å²) in [6.07, 6.45) is 1.14. The fourth-order valence-electron chi connectivity index (χ4n) is 2.24. The number of phenols is 1. The first-order valence-electron chi connectivity index (χ1n) is 6.32. The lowest BCUT2D eigenvalue weighted by Crippen LogP contribution is -2.09. The summed E-state index contributed by atoms with van der Waals surface area (Å²) < 4.78 is 5.07. The zero-order valence-electron chi connectivity index (χ0n) is 11.5. The first-order valence-corrected chi connectivity index (χ1v) is 6.32. The Morgan fingerprint density at radius 3 is 2.24 bits per heavy atom. The van der Waals surface area contributed by atoms with Gasteiger partial charge in [0, 0.05) is 0 Å². The molecule has 1 aromatic rings. The molecule has 2 heteroatoms. The van der Waals surface area contributed by atoms with Gasteiger partial charge < -0.3 is 9.84 Å². The van der Waals surface area contributed by atoms with E-state index in [1.807, 2.05) is 12.1 Å². The lowest BCUT2D eigenvalue weighted by molar-refractivity contribution is 0.369. The minimum absolute atomic E-state index is 0.236. The van der Waals surface area contributed by atoms with Crippen LogP contribution in [0, 0.1) is 11.8 Å². The first kappa shape index (κ1) is 13.9. The number of benzene rings is 1. The number of phenolic OH excluding ortho intramolecular Hbond substituents is 1. The molecule has 0 bridgehead atoms. The van der Waals surface area contributed by atoms with Crippen molar-refractivity contribution in [2.75, 3.05) is 7.11 Å². The van der Waals surface area contributed by atoms with E-state index in [9.17, 15) is 5.11 Å². The van der Waals surface area contributed by atoms with Gasteiger partial charge in [-0.25, -0.2) is 0 Å². The van der Waals surface area contributed by atoms with E-state index in [4.69, 9.17) is 4.74 Å². The topological polar surface area (TPSA) is 29.5 Å². The fraction of sp³-hybridized carbons (Fsp3) is 0.600. The van der Waals surface area contributed by atoms with Crippen molar-refractivity contribution in [2.45, 2.75) is 40.0 Å². The van der Waals surface area contributed by atoms with Gasteiger partial charge >= 0.3 is 0 Å². The molecule has 0 radical (unpaired) electrons. The second kappa shape index (κ2) is 5.95. The van der Waals surface area contributed by atoms with Crippen LogP contribution in [0.3, 0.4) is 0 Å². The van der Waals surface area contributed by atoms with Crippen molar-refractivity contribution < 1.29 is 9.84 Å². The molecule has 1 unspecified atom stereocenters. The van der Waals surface area contributed by atoms with Crippen LogP contribution in [-0.2, 0) is 0 Å². The molecule has 96 valence electrons. The molecule has 0 amide bonds. The van der Waals surface area contributed by atoms with Gasteiger partial charge in [0.15, 0.2) is 11.5 Å². The first-order chi connectivity index (χ1) is 7.95. The number of aromatic hydroxyl groups is 1. The Bertz CT molecular complexity index is 356. The number of ether oxygens (including phenoxy) is 1. The third-order valence-electron chi connectivity index (χ3n) is 3.16. The maximum absolute atomic E-state index is 9.83. The Morgan fingerprint density at radius 2 is 1.82 bits per heavy atom. The molecule has 0 heterocycles. The Morgan fingerprint density at radius 1 is 1.18 bits per heavy atom. The van der Waals surface area contributed by atoms with E-state index in [-0.39, 0.29) is 5.75 Å². The zero-order chi connectivity index (χ0) is 13.0. The molecule has 17 heavy (non-hydrogen) atoms.